The van der Waals surface area contributed by atoms with Crippen LogP contribution in [0.3, 0.4) is 0 Å². The zero-order valence-corrected chi connectivity index (χ0v) is 12.8. The number of carbonyl (C=O) groups is 1. The maximum atomic E-state index is 12.5. The molecule has 1 atom stereocenters. The Morgan fingerprint density at radius 2 is 2.00 bits per heavy atom. The van der Waals surface area contributed by atoms with Crippen molar-refractivity contribution in [1.82, 2.24) is 0 Å². The minimum absolute atomic E-state index is 0.0732. The summed E-state index contributed by atoms with van der Waals surface area (Å²) in [7, 11) is 1.62. The lowest BCUT2D eigenvalue weighted by atomic mass is 9.94. The number of hydrogen-bond acceptors (Lipinski definition) is 4. The van der Waals surface area contributed by atoms with Crippen molar-refractivity contribution in [3.63, 3.8) is 0 Å². The predicted octanol–water partition coefficient (Wildman–Crippen LogP) is 3.55. The molecule has 114 valence electrons. The van der Waals surface area contributed by atoms with Gasteiger partial charge in [-0.3, -0.25) is 4.79 Å². The molecule has 0 radical (unpaired) electrons. The standard InChI is InChI=1S/C18H19NO3/c1-3-11-8-14-16(20)10-17(22-18(14)15(19)9-11)12-4-6-13(21-2)7-5-12/h4-9,17H,3,10,19H2,1-2H3. The highest BCUT2D eigenvalue weighted by atomic mass is 16.5. The summed E-state index contributed by atoms with van der Waals surface area (Å²) < 4.78 is 11.2. The Bertz CT molecular complexity index is 707. The van der Waals surface area contributed by atoms with E-state index in [1.165, 1.54) is 0 Å². The first kappa shape index (κ1) is 14.4. The van der Waals surface area contributed by atoms with Crippen LogP contribution in [0.2, 0.25) is 0 Å². The van der Waals surface area contributed by atoms with Crippen LogP contribution in [0.4, 0.5) is 5.69 Å². The number of nitrogen functional groups attached to an aromatic ring is 1. The van der Waals surface area contributed by atoms with E-state index in [1.807, 2.05) is 43.3 Å². The Morgan fingerprint density at radius 3 is 2.64 bits per heavy atom. The number of benzene rings is 2. The molecule has 0 saturated heterocycles. The van der Waals surface area contributed by atoms with Gasteiger partial charge in [0.2, 0.25) is 0 Å². The molecule has 0 saturated carbocycles. The molecule has 0 amide bonds. The number of ether oxygens (including phenoxy) is 2. The van der Waals surface area contributed by atoms with Gasteiger partial charge in [-0.15, -0.1) is 0 Å². The Labute approximate surface area is 129 Å². The first-order valence-electron chi connectivity index (χ1n) is 7.38. The third-order valence-corrected chi connectivity index (χ3v) is 4.00. The second-order valence-electron chi connectivity index (χ2n) is 5.42. The number of anilines is 1. The van der Waals surface area contributed by atoms with Crippen LogP contribution < -0.4 is 15.2 Å². The lowest BCUT2D eigenvalue weighted by Gasteiger charge is -2.27. The molecule has 0 spiro atoms. The Morgan fingerprint density at radius 1 is 1.27 bits per heavy atom. The highest BCUT2D eigenvalue weighted by Gasteiger charge is 2.29. The van der Waals surface area contributed by atoms with Crippen molar-refractivity contribution in [3.8, 4) is 11.5 Å². The van der Waals surface area contributed by atoms with Crippen molar-refractivity contribution in [2.75, 3.05) is 12.8 Å². The fourth-order valence-corrected chi connectivity index (χ4v) is 2.72. The first-order chi connectivity index (χ1) is 10.6. The fourth-order valence-electron chi connectivity index (χ4n) is 2.72. The summed E-state index contributed by atoms with van der Waals surface area (Å²) in [5, 5.41) is 0. The van der Waals surface area contributed by atoms with Crippen LogP contribution in [0, 0.1) is 0 Å². The van der Waals surface area contributed by atoms with Gasteiger partial charge in [0, 0.05) is 0 Å². The van der Waals surface area contributed by atoms with Crippen molar-refractivity contribution < 1.29 is 14.3 Å². The topological polar surface area (TPSA) is 61.6 Å². The van der Waals surface area contributed by atoms with Gasteiger partial charge in [-0.25, -0.2) is 0 Å². The van der Waals surface area contributed by atoms with Crippen LogP contribution in [-0.2, 0) is 6.42 Å². The van der Waals surface area contributed by atoms with E-state index in [1.54, 1.807) is 7.11 Å². The molecule has 0 aromatic heterocycles. The molecule has 1 unspecified atom stereocenters. The largest absolute Gasteiger partial charge is 0.497 e. The quantitative estimate of drug-likeness (QED) is 0.880. The van der Waals surface area contributed by atoms with Gasteiger partial charge in [-0.2, -0.15) is 0 Å². The summed E-state index contributed by atoms with van der Waals surface area (Å²) in [6.45, 7) is 2.04. The van der Waals surface area contributed by atoms with Gasteiger partial charge in [-0.05, 0) is 41.8 Å². The van der Waals surface area contributed by atoms with E-state index in [2.05, 4.69) is 0 Å². The molecule has 4 nitrogen and oxygen atoms in total. The molecule has 22 heavy (non-hydrogen) atoms. The lowest BCUT2D eigenvalue weighted by molar-refractivity contribution is 0.0851. The van der Waals surface area contributed by atoms with Crippen molar-refractivity contribution in [1.29, 1.82) is 0 Å². The van der Waals surface area contributed by atoms with Crippen LogP contribution in [0.5, 0.6) is 11.5 Å². The molecule has 0 fully saturated rings. The van der Waals surface area contributed by atoms with Crippen LogP contribution in [0.25, 0.3) is 0 Å². The number of rotatable bonds is 3. The van der Waals surface area contributed by atoms with Gasteiger partial charge in [0.15, 0.2) is 11.5 Å². The maximum Gasteiger partial charge on any atom is 0.170 e. The third kappa shape index (κ3) is 2.52. The molecule has 0 bridgehead atoms. The first-order valence-corrected chi connectivity index (χ1v) is 7.38. The fraction of sp³-hybridized carbons (Fsp3) is 0.278. The van der Waals surface area contributed by atoms with Gasteiger partial charge in [0.05, 0.1) is 24.8 Å². The van der Waals surface area contributed by atoms with E-state index in [-0.39, 0.29) is 11.9 Å². The zero-order chi connectivity index (χ0) is 15.7. The van der Waals surface area contributed by atoms with E-state index in [9.17, 15) is 4.79 Å². The highest BCUT2D eigenvalue weighted by Crippen LogP contribution is 2.39. The molecule has 0 aliphatic carbocycles. The smallest absolute Gasteiger partial charge is 0.170 e. The van der Waals surface area contributed by atoms with Gasteiger partial charge in [0.1, 0.15) is 11.9 Å². The van der Waals surface area contributed by atoms with Crippen LogP contribution in [0.15, 0.2) is 36.4 Å². The molecule has 1 heterocycles. The zero-order valence-electron chi connectivity index (χ0n) is 12.8. The van der Waals surface area contributed by atoms with Crippen molar-refractivity contribution in [3.05, 3.63) is 53.1 Å². The minimum Gasteiger partial charge on any atom is -0.497 e. The summed E-state index contributed by atoms with van der Waals surface area (Å²) in [6, 6.07) is 11.3. The monoisotopic (exact) mass is 297 g/mol. The van der Waals surface area contributed by atoms with Crippen molar-refractivity contribution in [2.45, 2.75) is 25.9 Å². The van der Waals surface area contributed by atoms with Crippen LogP contribution >= 0.6 is 0 Å². The number of aryl methyl sites for hydroxylation is 1. The summed E-state index contributed by atoms with van der Waals surface area (Å²) in [4.78, 5) is 12.5. The minimum atomic E-state index is -0.305. The highest BCUT2D eigenvalue weighted by molar-refractivity contribution is 6.01. The van der Waals surface area contributed by atoms with Gasteiger partial charge in [-0.1, -0.05) is 19.1 Å². The number of fused-ring (bicyclic) bond motifs is 1. The average molecular weight is 297 g/mol. The molecular formula is C18H19NO3. The second kappa shape index (κ2) is 5.72. The molecule has 1 aliphatic heterocycles. The lowest BCUT2D eigenvalue weighted by Crippen LogP contribution is -2.21. The molecule has 2 aromatic carbocycles. The molecule has 3 rings (SSSR count). The Kier molecular flexibility index (Phi) is 3.75. The van der Waals surface area contributed by atoms with E-state index in [0.717, 1.165) is 23.3 Å². The van der Waals surface area contributed by atoms with E-state index in [0.29, 0.717) is 23.4 Å². The van der Waals surface area contributed by atoms with Crippen LogP contribution in [0.1, 0.15) is 40.9 Å². The summed E-state index contributed by atoms with van der Waals surface area (Å²) in [5.41, 5.74) is 9.19. The van der Waals surface area contributed by atoms with Gasteiger partial charge in [0.25, 0.3) is 0 Å². The number of methoxy groups -OCH3 is 1. The number of nitrogens with two attached hydrogens (primary N) is 1. The number of hydrogen-bond donors (Lipinski definition) is 1. The number of carbonyl (C=O) groups excluding carboxylic acids is 1. The van der Waals surface area contributed by atoms with Crippen molar-refractivity contribution in [2.24, 2.45) is 0 Å². The maximum absolute atomic E-state index is 12.5. The number of Topliss-reactive ketones (excluding diaryl/α,β-unsaturated/α-hetero) is 1. The molecule has 2 N–H and O–H groups in total. The SMILES string of the molecule is CCc1cc(N)c2c(c1)C(=O)CC(c1ccc(OC)cc1)O2. The third-order valence-electron chi connectivity index (χ3n) is 4.00. The number of ketones is 1. The summed E-state index contributed by atoms with van der Waals surface area (Å²) >= 11 is 0. The van der Waals surface area contributed by atoms with Crippen LogP contribution in [-0.4, -0.2) is 12.9 Å². The summed E-state index contributed by atoms with van der Waals surface area (Å²) in [5.74, 6) is 1.36. The summed E-state index contributed by atoms with van der Waals surface area (Å²) in [6.07, 6.45) is 0.860. The second-order valence-corrected chi connectivity index (χ2v) is 5.42. The van der Waals surface area contributed by atoms with Gasteiger partial charge < -0.3 is 15.2 Å². The predicted molar refractivity (Wildman–Crippen MR) is 85.5 cm³/mol. The van der Waals surface area contributed by atoms with E-state index >= 15 is 0 Å². The van der Waals surface area contributed by atoms with Crippen molar-refractivity contribution >= 4 is 11.5 Å². The Hall–Kier alpha value is -2.49. The van der Waals surface area contributed by atoms with Gasteiger partial charge >= 0.3 is 0 Å². The molecular weight excluding hydrogens is 278 g/mol. The molecule has 2 aromatic rings. The average Bonchev–Trinajstić information content (AvgIpc) is 2.55. The Balaban J connectivity index is 1.94. The van der Waals surface area contributed by atoms with E-state index < -0.39 is 0 Å². The molecule has 1 aliphatic rings. The van der Waals surface area contributed by atoms with E-state index in [4.69, 9.17) is 15.2 Å². The normalized spacial score (nSPS) is 16.8. The molecule has 4 heteroatoms.